The van der Waals surface area contributed by atoms with Crippen LogP contribution >= 0.6 is 0 Å². The van der Waals surface area contributed by atoms with E-state index in [2.05, 4.69) is 0 Å². The summed E-state index contributed by atoms with van der Waals surface area (Å²) in [5.74, 6) is 0.0582. The molecule has 2 aromatic rings. The Balaban J connectivity index is 1.92. The maximum Gasteiger partial charge on any atom is 0.255 e. The SMILES string of the molecule is O=C1c2ccccc2C(CCO)N1Cc1ccccc1. The summed E-state index contributed by atoms with van der Waals surface area (Å²) in [7, 11) is 0. The fourth-order valence-electron chi connectivity index (χ4n) is 2.84. The Morgan fingerprint density at radius 3 is 2.45 bits per heavy atom. The predicted octanol–water partition coefficient (Wildman–Crippen LogP) is 2.77. The smallest absolute Gasteiger partial charge is 0.255 e. The molecular formula is C17H17NO2. The molecule has 3 heteroatoms. The fourth-order valence-corrected chi connectivity index (χ4v) is 2.84. The lowest BCUT2D eigenvalue weighted by Crippen LogP contribution is -2.28. The van der Waals surface area contributed by atoms with Gasteiger partial charge in [-0.15, -0.1) is 0 Å². The number of carbonyl (C=O) groups is 1. The van der Waals surface area contributed by atoms with Crippen molar-refractivity contribution < 1.29 is 9.90 Å². The molecule has 0 saturated heterocycles. The monoisotopic (exact) mass is 267 g/mol. The first-order valence-corrected chi connectivity index (χ1v) is 6.86. The molecule has 1 heterocycles. The van der Waals surface area contributed by atoms with Crippen LogP contribution in [0.15, 0.2) is 54.6 Å². The highest BCUT2D eigenvalue weighted by atomic mass is 16.3. The first kappa shape index (κ1) is 12.9. The molecule has 1 amide bonds. The molecule has 0 radical (unpaired) electrons. The van der Waals surface area contributed by atoms with Gasteiger partial charge in [-0.2, -0.15) is 0 Å². The molecule has 3 nitrogen and oxygen atoms in total. The molecule has 3 rings (SSSR count). The molecule has 0 aliphatic carbocycles. The zero-order valence-corrected chi connectivity index (χ0v) is 11.2. The molecule has 1 N–H and O–H groups in total. The molecule has 0 spiro atoms. The van der Waals surface area contributed by atoms with Crippen LogP contribution in [0.2, 0.25) is 0 Å². The van der Waals surface area contributed by atoms with E-state index in [9.17, 15) is 9.90 Å². The van der Waals surface area contributed by atoms with Crippen molar-refractivity contribution >= 4 is 5.91 Å². The molecule has 1 aliphatic heterocycles. The van der Waals surface area contributed by atoms with Crippen LogP contribution in [0.1, 0.15) is 33.9 Å². The standard InChI is InChI=1S/C17H17NO2/c19-11-10-16-14-8-4-5-9-15(14)17(20)18(16)12-13-6-2-1-3-7-13/h1-9,16,19H,10-12H2. The van der Waals surface area contributed by atoms with E-state index in [-0.39, 0.29) is 18.6 Å². The van der Waals surface area contributed by atoms with E-state index in [0.717, 1.165) is 16.7 Å². The van der Waals surface area contributed by atoms with Crippen molar-refractivity contribution in [3.8, 4) is 0 Å². The number of hydrogen-bond donors (Lipinski definition) is 1. The lowest BCUT2D eigenvalue weighted by atomic mass is 10.0. The predicted molar refractivity (Wildman–Crippen MR) is 77.2 cm³/mol. The Morgan fingerprint density at radius 1 is 1.00 bits per heavy atom. The van der Waals surface area contributed by atoms with Gasteiger partial charge < -0.3 is 10.0 Å². The van der Waals surface area contributed by atoms with Crippen molar-refractivity contribution in [2.24, 2.45) is 0 Å². The van der Waals surface area contributed by atoms with Crippen LogP contribution in [0.25, 0.3) is 0 Å². The summed E-state index contributed by atoms with van der Waals surface area (Å²) in [5.41, 5.74) is 2.90. The maximum absolute atomic E-state index is 12.5. The van der Waals surface area contributed by atoms with Crippen LogP contribution in [0.5, 0.6) is 0 Å². The highest BCUT2D eigenvalue weighted by molar-refractivity contribution is 5.99. The molecule has 0 saturated carbocycles. The summed E-state index contributed by atoms with van der Waals surface area (Å²) in [5, 5.41) is 9.28. The van der Waals surface area contributed by atoms with Gasteiger partial charge in [-0.3, -0.25) is 4.79 Å². The number of fused-ring (bicyclic) bond motifs is 1. The topological polar surface area (TPSA) is 40.5 Å². The molecule has 0 bridgehead atoms. The van der Waals surface area contributed by atoms with Gasteiger partial charge in [0.25, 0.3) is 5.91 Å². The van der Waals surface area contributed by atoms with Crippen molar-refractivity contribution in [1.82, 2.24) is 4.90 Å². The third-order valence-corrected chi connectivity index (χ3v) is 3.79. The second-order valence-corrected chi connectivity index (χ2v) is 5.03. The Morgan fingerprint density at radius 2 is 1.70 bits per heavy atom. The third-order valence-electron chi connectivity index (χ3n) is 3.79. The first-order valence-electron chi connectivity index (χ1n) is 6.86. The van der Waals surface area contributed by atoms with Gasteiger partial charge in [-0.05, 0) is 23.6 Å². The Bertz CT molecular complexity index is 609. The minimum Gasteiger partial charge on any atom is -0.396 e. The second kappa shape index (κ2) is 5.47. The van der Waals surface area contributed by atoms with Gasteiger partial charge >= 0.3 is 0 Å². The fraction of sp³-hybridized carbons (Fsp3) is 0.235. The molecule has 0 fully saturated rings. The molecule has 0 aromatic heterocycles. The van der Waals surface area contributed by atoms with E-state index in [1.54, 1.807) is 0 Å². The van der Waals surface area contributed by atoms with Crippen LogP contribution in [-0.2, 0) is 6.54 Å². The van der Waals surface area contributed by atoms with Gasteiger partial charge in [-0.1, -0.05) is 48.5 Å². The van der Waals surface area contributed by atoms with Gasteiger partial charge in [0.1, 0.15) is 0 Å². The average molecular weight is 267 g/mol. The molecule has 1 aliphatic rings. The normalized spacial score (nSPS) is 17.4. The second-order valence-electron chi connectivity index (χ2n) is 5.03. The minimum absolute atomic E-state index is 0.0242. The maximum atomic E-state index is 12.5. The molecule has 102 valence electrons. The first-order chi connectivity index (χ1) is 9.81. The van der Waals surface area contributed by atoms with Crippen molar-refractivity contribution in [3.63, 3.8) is 0 Å². The number of nitrogens with zero attached hydrogens (tertiary/aromatic N) is 1. The van der Waals surface area contributed by atoms with Crippen LogP contribution in [-0.4, -0.2) is 22.5 Å². The Labute approximate surface area is 118 Å². The van der Waals surface area contributed by atoms with Crippen LogP contribution in [0.3, 0.4) is 0 Å². The van der Waals surface area contributed by atoms with Crippen molar-refractivity contribution in [3.05, 3.63) is 71.3 Å². The van der Waals surface area contributed by atoms with Gasteiger partial charge in [0.2, 0.25) is 0 Å². The lowest BCUT2D eigenvalue weighted by Gasteiger charge is -2.25. The van der Waals surface area contributed by atoms with Crippen LogP contribution in [0, 0.1) is 0 Å². The lowest BCUT2D eigenvalue weighted by molar-refractivity contribution is 0.0684. The summed E-state index contributed by atoms with van der Waals surface area (Å²) >= 11 is 0. The Hall–Kier alpha value is -2.13. The van der Waals surface area contributed by atoms with Gasteiger partial charge in [-0.25, -0.2) is 0 Å². The number of amides is 1. The number of benzene rings is 2. The third kappa shape index (κ3) is 2.21. The summed E-state index contributed by atoms with van der Waals surface area (Å²) < 4.78 is 0. The molecule has 1 unspecified atom stereocenters. The summed E-state index contributed by atoms with van der Waals surface area (Å²) in [4.78, 5) is 14.4. The van der Waals surface area contributed by atoms with E-state index in [1.807, 2.05) is 59.5 Å². The van der Waals surface area contributed by atoms with Gasteiger partial charge in [0.05, 0.1) is 6.04 Å². The summed E-state index contributed by atoms with van der Waals surface area (Å²) in [6.07, 6.45) is 0.579. The largest absolute Gasteiger partial charge is 0.396 e. The van der Waals surface area contributed by atoms with Crippen molar-refractivity contribution in [1.29, 1.82) is 0 Å². The van der Waals surface area contributed by atoms with Crippen molar-refractivity contribution in [2.45, 2.75) is 19.0 Å². The summed E-state index contributed by atoms with van der Waals surface area (Å²) in [6.45, 7) is 0.663. The van der Waals surface area contributed by atoms with Gasteiger partial charge in [0, 0.05) is 18.7 Å². The zero-order valence-electron chi connectivity index (χ0n) is 11.2. The van der Waals surface area contributed by atoms with E-state index in [1.165, 1.54) is 0 Å². The number of carbonyl (C=O) groups excluding carboxylic acids is 1. The number of rotatable bonds is 4. The zero-order chi connectivity index (χ0) is 13.9. The van der Waals surface area contributed by atoms with E-state index < -0.39 is 0 Å². The van der Waals surface area contributed by atoms with Crippen LogP contribution in [0.4, 0.5) is 0 Å². The summed E-state index contributed by atoms with van der Waals surface area (Å²) in [6, 6.07) is 17.6. The van der Waals surface area contributed by atoms with Crippen molar-refractivity contribution in [2.75, 3.05) is 6.61 Å². The van der Waals surface area contributed by atoms with Crippen LogP contribution < -0.4 is 0 Å². The number of hydrogen-bond acceptors (Lipinski definition) is 2. The Kier molecular flexibility index (Phi) is 3.52. The van der Waals surface area contributed by atoms with Gasteiger partial charge in [0.15, 0.2) is 0 Å². The van der Waals surface area contributed by atoms with E-state index in [0.29, 0.717) is 13.0 Å². The molecule has 2 aromatic carbocycles. The highest BCUT2D eigenvalue weighted by Crippen LogP contribution is 2.36. The quantitative estimate of drug-likeness (QED) is 0.925. The highest BCUT2D eigenvalue weighted by Gasteiger charge is 2.35. The molecule has 20 heavy (non-hydrogen) atoms. The average Bonchev–Trinajstić information content (AvgIpc) is 2.75. The number of aliphatic hydroxyl groups is 1. The molecule has 1 atom stereocenters. The van der Waals surface area contributed by atoms with E-state index >= 15 is 0 Å². The molecular weight excluding hydrogens is 250 g/mol. The van der Waals surface area contributed by atoms with E-state index in [4.69, 9.17) is 0 Å². The minimum atomic E-state index is -0.0242. The number of aliphatic hydroxyl groups excluding tert-OH is 1.